The molecule has 0 heterocycles. The number of methoxy groups -OCH3 is 1. The molecule has 4 heteroatoms. The molecule has 4 nitrogen and oxygen atoms in total. The molecule has 0 aliphatic heterocycles. The molecule has 1 aromatic carbocycles. The number of esters is 1. The Bertz CT molecular complexity index is 376. The number of carbonyl (C=O) groups excluding carboxylic acids is 2. The summed E-state index contributed by atoms with van der Waals surface area (Å²) in [6, 6.07) is 9.41. The zero-order valence-corrected chi connectivity index (χ0v) is 10.2. The van der Waals surface area contributed by atoms with Gasteiger partial charge in [0.15, 0.2) is 0 Å². The molecule has 0 spiro atoms. The van der Waals surface area contributed by atoms with Crippen molar-refractivity contribution in [1.82, 2.24) is 0 Å². The van der Waals surface area contributed by atoms with Crippen LogP contribution in [0.4, 0.5) is 5.69 Å². The molecule has 0 fully saturated rings. The Kier molecular flexibility index (Phi) is 5.20. The quantitative estimate of drug-likeness (QED) is 0.733. The third kappa shape index (κ3) is 3.90. The molecule has 0 bridgehead atoms. The van der Waals surface area contributed by atoms with Crippen LogP contribution in [0.3, 0.4) is 0 Å². The van der Waals surface area contributed by atoms with E-state index >= 15 is 0 Å². The molecule has 0 aliphatic rings. The Morgan fingerprint density at radius 3 is 2.35 bits per heavy atom. The van der Waals surface area contributed by atoms with Crippen LogP contribution >= 0.6 is 0 Å². The van der Waals surface area contributed by atoms with Gasteiger partial charge in [0.25, 0.3) is 0 Å². The minimum atomic E-state index is -0.359. The van der Waals surface area contributed by atoms with E-state index in [-0.39, 0.29) is 24.7 Å². The predicted molar refractivity (Wildman–Crippen MR) is 65.7 cm³/mol. The van der Waals surface area contributed by atoms with Crippen LogP contribution in [0.1, 0.15) is 19.8 Å². The van der Waals surface area contributed by atoms with Crippen molar-refractivity contribution in [1.29, 1.82) is 0 Å². The average molecular weight is 235 g/mol. The van der Waals surface area contributed by atoms with Crippen molar-refractivity contribution in [3.8, 4) is 0 Å². The molecule has 0 radical (unpaired) electrons. The van der Waals surface area contributed by atoms with Gasteiger partial charge < -0.3 is 9.64 Å². The molecule has 1 rings (SSSR count). The van der Waals surface area contributed by atoms with Gasteiger partial charge in [0.2, 0.25) is 5.91 Å². The molecule has 0 aliphatic carbocycles. The van der Waals surface area contributed by atoms with Gasteiger partial charge in [0.05, 0.1) is 13.5 Å². The first-order valence-corrected chi connectivity index (χ1v) is 5.61. The summed E-state index contributed by atoms with van der Waals surface area (Å²) < 4.78 is 4.51. The SMILES string of the molecule is CCN(C(=O)CCC(=O)OC)c1ccccc1. The Balaban J connectivity index is 2.62. The fraction of sp³-hybridized carbons (Fsp3) is 0.385. The maximum Gasteiger partial charge on any atom is 0.306 e. The van der Waals surface area contributed by atoms with E-state index in [9.17, 15) is 9.59 Å². The Morgan fingerprint density at radius 2 is 1.82 bits per heavy atom. The van der Waals surface area contributed by atoms with Crippen LogP contribution in [0.25, 0.3) is 0 Å². The molecule has 1 aromatic rings. The second kappa shape index (κ2) is 6.68. The van der Waals surface area contributed by atoms with Gasteiger partial charge in [-0.05, 0) is 19.1 Å². The lowest BCUT2D eigenvalue weighted by molar-refractivity contribution is -0.141. The van der Waals surface area contributed by atoms with Crippen molar-refractivity contribution in [2.45, 2.75) is 19.8 Å². The molecule has 0 saturated carbocycles. The highest BCUT2D eigenvalue weighted by molar-refractivity contribution is 5.94. The van der Waals surface area contributed by atoms with E-state index in [2.05, 4.69) is 4.74 Å². The van der Waals surface area contributed by atoms with Gasteiger partial charge >= 0.3 is 5.97 Å². The summed E-state index contributed by atoms with van der Waals surface area (Å²) in [5, 5.41) is 0. The third-order valence-electron chi connectivity index (χ3n) is 2.46. The van der Waals surface area contributed by atoms with Crippen LogP contribution in [0.5, 0.6) is 0 Å². The second-order valence-electron chi connectivity index (χ2n) is 3.55. The number of nitrogens with zero attached hydrogens (tertiary/aromatic N) is 1. The molecule has 0 atom stereocenters. The number of para-hydroxylation sites is 1. The zero-order chi connectivity index (χ0) is 12.7. The van der Waals surface area contributed by atoms with Crippen LogP contribution in [0.2, 0.25) is 0 Å². The first kappa shape index (κ1) is 13.2. The Morgan fingerprint density at radius 1 is 1.18 bits per heavy atom. The predicted octanol–water partition coefficient (Wildman–Crippen LogP) is 1.99. The summed E-state index contributed by atoms with van der Waals surface area (Å²) in [4.78, 5) is 24.5. The normalized spacial score (nSPS) is 9.76. The maximum atomic E-state index is 11.9. The van der Waals surface area contributed by atoms with Gasteiger partial charge in [-0.25, -0.2) is 0 Å². The van der Waals surface area contributed by atoms with Crippen LogP contribution in [0.15, 0.2) is 30.3 Å². The first-order chi connectivity index (χ1) is 8.19. The highest BCUT2D eigenvalue weighted by atomic mass is 16.5. The smallest absolute Gasteiger partial charge is 0.306 e. The van der Waals surface area contributed by atoms with E-state index in [1.54, 1.807) is 4.90 Å². The molecule has 92 valence electrons. The molecular weight excluding hydrogens is 218 g/mol. The number of hydrogen-bond donors (Lipinski definition) is 0. The summed E-state index contributed by atoms with van der Waals surface area (Å²) in [6.07, 6.45) is 0.300. The highest BCUT2D eigenvalue weighted by Gasteiger charge is 2.14. The van der Waals surface area contributed by atoms with Crippen molar-refractivity contribution >= 4 is 17.6 Å². The fourth-order valence-electron chi connectivity index (χ4n) is 1.56. The third-order valence-corrected chi connectivity index (χ3v) is 2.46. The lowest BCUT2D eigenvalue weighted by Crippen LogP contribution is -2.30. The fourth-order valence-corrected chi connectivity index (χ4v) is 1.56. The molecule has 0 unspecified atom stereocenters. The van der Waals surface area contributed by atoms with Crippen LogP contribution < -0.4 is 4.90 Å². The number of carbonyl (C=O) groups is 2. The largest absolute Gasteiger partial charge is 0.469 e. The van der Waals surface area contributed by atoms with Gasteiger partial charge in [0, 0.05) is 18.7 Å². The van der Waals surface area contributed by atoms with Gasteiger partial charge in [-0.1, -0.05) is 18.2 Å². The van der Waals surface area contributed by atoms with Crippen LogP contribution in [0, 0.1) is 0 Å². The number of ether oxygens (including phenoxy) is 1. The molecular formula is C13H17NO3. The van der Waals surface area contributed by atoms with Gasteiger partial charge in [-0.3, -0.25) is 9.59 Å². The standard InChI is InChI=1S/C13H17NO3/c1-3-14(11-7-5-4-6-8-11)12(15)9-10-13(16)17-2/h4-8H,3,9-10H2,1-2H3. The summed E-state index contributed by atoms with van der Waals surface area (Å²) in [7, 11) is 1.32. The first-order valence-electron chi connectivity index (χ1n) is 5.61. The topological polar surface area (TPSA) is 46.6 Å². The molecule has 1 amide bonds. The highest BCUT2D eigenvalue weighted by Crippen LogP contribution is 2.14. The van der Waals surface area contributed by atoms with Gasteiger partial charge in [0.1, 0.15) is 0 Å². The summed E-state index contributed by atoms with van der Waals surface area (Å²) >= 11 is 0. The lowest BCUT2D eigenvalue weighted by atomic mass is 10.2. The van der Waals surface area contributed by atoms with E-state index in [0.29, 0.717) is 6.54 Å². The van der Waals surface area contributed by atoms with Crippen molar-refractivity contribution in [2.75, 3.05) is 18.6 Å². The van der Waals surface area contributed by atoms with Gasteiger partial charge in [-0.2, -0.15) is 0 Å². The zero-order valence-electron chi connectivity index (χ0n) is 10.2. The molecule has 17 heavy (non-hydrogen) atoms. The number of rotatable bonds is 5. The minimum Gasteiger partial charge on any atom is -0.469 e. The van der Waals surface area contributed by atoms with Crippen LogP contribution in [-0.2, 0) is 14.3 Å². The number of hydrogen-bond acceptors (Lipinski definition) is 3. The summed E-state index contributed by atoms with van der Waals surface area (Å²) in [5.74, 6) is -0.424. The monoisotopic (exact) mass is 235 g/mol. The van der Waals surface area contributed by atoms with E-state index in [0.717, 1.165) is 5.69 Å². The van der Waals surface area contributed by atoms with Crippen molar-refractivity contribution in [3.63, 3.8) is 0 Å². The average Bonchev–Trinajstić information content (AvgIpc) is 2.38. The summed E-state index contributed by atoms with van der Waals surface area (Å²) in [6.45, 7) is 2.49. The Labute approximate surface area is 101 Å². The minimum absolute atomic E-state index is 0.0656. The van der Waals surface area contributed by atoms with Crippen LogP contribution in [-0.4, -0.2) is 25.5 Å². The Hall–Kier alpha value is -1.84. The van der Waals surface area contributed by atoms with E-state index in [1.807, 2.05) is 37.3 Å². The number of benzene rings is 1. The van der Waals surface area contributed by atoms with Gasteiger partial charge in [-0.15, -0.1) is 0 Å². The van der Waals surface area contributed by atoms with Crippen molar-refractivity contribution < 1.29 is 14.3 Å². The number of amides is 1. The maximum absolute atomic E-state index is 11.9. The van der Waals surface area contributed by atoms with E-state index < -0.39 is 0 Å². The molecule has 0 N–H and O–H groups in total. The van der Waals surface area contributed by atoms with E-state index in [1.165, 1.54) is 7.11 Å². The number of anilines is 1. The van der Waals surface area contributed by atoms with E-state index in [4.69, 9.17) is 0 Å². The lowest BCUT2D eigenvalue weighted by Gasteiger charge is -2.20. The molecule has 0 aromatic heterocycles. The second-order valence-corrected chi connectivity index (χ2v) is 3.55. The molecule has 0 saturated heterocycles. The van der Waals surface area contributed by atoms with Crippen molar-refractivity contribution in [2.24, 2.45) is 0 Å². The summed E-state index contributed by atoms with van der Waals surface area (Å²) in [5.41, 5.74) is 0.852. The van der Waals surface area contributed by atoms with Crippen molar-refractivity contribution in [3.05, 3.63) is 30.3 Å².